The van der Waals surface area contributed by atoms with E-state index in [1.165, 1.54) is 18.2 Å². The highest BCUT2D eigenvalue weighted by Crippen LogP contribution is 2.29. The van der Waals surface area contributed by atoms with Crippen molar-refractivity contribution in [3.63, 3.8) is 0 Å². The molecule has 6 nitrogen and oxygen atoms in total. The summed E-state index contributed by atoms with van der Waals surface area (Å²) in [5, 5.41) is 15.0. The zero-order chi connectivity index (χ0) is 22.1. The molecule has 0 fully saturated rings. The third kappa shape index (κ3) is 4.98. The van der Waals surface area contributed by atoms with Crippen LogP contribution in [0.5, 0.6) is 0 Å². The van der Waals surface area contributed by atoms with E-state index in [-0.39, 0.29) is 38.3 Å². The van der Waals surface area contributed by atoms with Crippen LogP contribution in [0.2, 0.25) is 0 Å². The first-order chi connectivity index (χ1) is 14.0. The van der Waals surface area contributed by atoms with Gasteiger partial charge in [0.2, 0.25) is 5.91 Å². The Hall–Kier alpha value is -2.91. The highest BCUT2D eigenvalue weighted by atomic mass is 19.4. The summed E-state index contributed by atoms with van der Waals surface area (Å²) in [5.41, 5.74) is 2.49. The van der Waals surface area contributed by atoms with Gasteiger partial charge in [-0.05, 0) is 43.5 Å². The first-order valence-electron chi connectivity index (χ1n) is 9.47. The second-order valence-electron chi connectivity index (χ2n) is 7.28. The van der Waals surface area contributed by atoms with E-state index in [1.54, 1.807) is 11.5 Å². The Morgan fingerprint density at radius 2 is 2.00 bits per heavy atom. The lowest BCUT2D eigenvalue weighted by atomic mass is 10.0. The number of carbonyl (C=O) groups is 2. The molecule has 0 aliphatic carbocycles. The van der Waals surface area contributed by atoms with Gasteiger partial charge in [-0.2, -0.15) is 18.3 Å². The molecular formula is C20H21F4N3O3. The number of nitrogens with zero attached hydrogens (tertiary/aromatic N) is 3. The van der Waals surface area contributed by atoms with Gasteiger partial charge in [-0.1, -0.05) is 0 Å². The second kappa shape index (κ2) is 8.45. The average molecular weight is 427 g/mol. The minimum absolute atomic E-state index is 0.129. The Kier molecular flexibility index (Phi) is 6.14. The van der Waals surface area contributed by atoms with Crippen LogP contribution < -0.4 is 0 Å². The number of aliphatic carboxylic acids is 1. The average Bonchev–Trinajstić information content (AvgIpc) is 2.88. The Balaban J connectivity index is 1.88. The van der Waals surface area contributed by atoms with Crippen LogP contribution in [0.15, 0.2) is 23.3 Å². The number of carbonyl (C=O) groups excluding carboxylic acids is 1. The molecule has 2 heterocycles. The summed E-state index contributed by atoms with van der Waals surface area (Å²) < 4.78 is 52.5. The number of halogens is 4. The molecule has 0 spiro atoms. The van der Waals surface area contributed by atoms with Crippen LogP contribution in [-0.4, -0.2) is 45.0 Å². The predicted molar refractivity (Wildman–Crippen MR) is 102 cm³/mol. The maximum atomic E-state index is 13.8. The maximum Gasteiger partial charge on any atom is 0.389 e. The highest BCUT2D eigenvalue weighted by molar-refractivity contribution is 5.97. The molecule has 1 aliphatic rings. The zero-order valence-electron chi connectivity index (χ0n) is 16.3. The molecule has 10 heteroatoms. The molecule has 30 heavy (non-hydrogen) atoms. The van der Waals surface area contributed by atoms with Crippen LogP contribution in [0.4, 0.5) is 17.6 Å². The van der Waals surface area contributed by atoms with E-state index in [0.29, 0.717) is 34.3 Å². The Labute approximate surface area is 169 Å². The van der Waals surface area contributed by atoms with E-state index in [2.05, 4.69) is 5.10 Å². The quantitative estimate of drug-likeness (QED) is 0.678. The van der Waals surface area contributed by atoms with Crippen molar-refractivity contribution in [1.82, 2.24) is 9.58 Å². The summed E-state index contributed by atoms with van der Waals surface area (Å²) in [4.78, 5) is 23.3. The lowest BCUT2D eigenvalue weighted by Gasteiger charge is -2.24. The molecule has 1 aliphatic heterocycles. The van der Waals surface area contributed by atoms with E-state index in [4.69, 9.17) is 0 Å². The number of alkyl halides is 3. The maximum absolute atomic E-state index is 13.8. The van der Waals surface area contributed by atoms with Gasteiger partial charge in [-0.25, -0.2) is 9.40 Å². The third-order valence-corrected chi connectivity index (χ3v) is 5.10. The molecule has 162 valence electrons. The van der Waals surface area contributed by atoms with Crippen molar-refractivity contribution in [3.05, 3.63) is 35.3 Å². The van der Waals surface area contributed by atoms with Crippen LogP contribution in [-0.2, 0) is 22.6 Å². The molecular weight excluding hydrogens is 406 g/mol. The van der Waals surface area contributed by atoms with Gasteiger partial charge in [0, 0.05) is 48.1 Å². The molecule has 3 rings (SSSR count). The van der Waals surface area contributed by atoms with Crippen LogP contribution in [0.1, 0.15) is 36.9 Å². The molecule has 1 aromatic carbocycles. The third-order valence-electron chi connectivity index (χ3n) is 5.10. The standard InChI is InChI=1S/C20H21F4N3O3/c1-12-15(16-9-13(21)3-5-17(16)26(12)11-19(29)30)10-14-4-6-18(28)27(25-14)8-2-7-20(22,23)24/h3,5,9H,2,4,6-8,10-11H2,1H3,(H,29,30). The fourth-order valence-corrected chi connectivity index (χ4v) is 3.67. The van der Waals surface area contributed by atoms with Gasteiger partial charge >= 0.3 is 12.1 Å². The van der Waals surface area contributed by atoms with Crippen molar-refractivity contribution in [3.8, 4) is 0 Å². The number of hydrazone groups is 1. The summed E-state index contributed by atoms with van der Waals surface area (Å²) in [5.74, 6) is -1.84. The van der Waals surface area contributed by atoms with E-state index in [9.17, 15) is 32.3 Å². The Bertz CT molecular complexity index is 1010. The summed E-state index contributed by atoms with van der Waals surface area (Å²) in [6, 6.07) is 4.09. The minimum atomic E-state index is -4.29. The first-order valence-corrected chi connectivity index (χ1v) is 9.47. The van der Waals surface area contributed by atoms with E-state index >= 15 is 0 Å². The smallest absolute Gasteiger partial charge is 0.389 e. The largest absolute Gasteiger partial charge is 0.480 e. The molecule has 0 bridgehead atoms. The number of fused-ring (bicyclic) bond motifs is 1. The molecule has 2 aromatic rings. The topological polar surface area (TPSA) is 74.9 Å². The lowest BCUT2D eigenvalue weighted by molar-refractivity contribution is -0.140. The summed E-state index contributed by atoms with van der Waals surface area (Å²) in [7, 11) is 0. The van der Waals surface area contributed by atoms with Crippen molar-refractivity contribution in [2.45, 2.75) is 51.7 Å². The van der Waals surface area contributed by atoms with Crippen molar-refractivity contribution in [1.29, 1.82) is 0 Å². The normalized spacial score (nSPS) is 15.0. The number of hydrogen-bond donors (Lipinski definition) is 1. The first kappa shape index (κ1) is 21.8. The van der Waals surface area contributed by atoms with Crippen molar-refractivity contribution < 1.29 is 32.3 Å². The molecule has 1 N–H and O–H groups in total. The summed E-state index contributed by atoms with van der Waals surface area (Å²) in [6.07, 6.45) is -4.81. The molecule has 0 saturated carbocycles. The zero-order valence-corrected chi connectivity index (χ0v) is 16.3. The molecule has 0 unspecified atom stereocenters. The van der Waals surface area contributed by atoms with Gasteiger partial charge in [0.1, 0.15) is 12.4 Å². The number of hydrogen-bond acceptors (Lipinski definition) is 3. The van der Waals surface area contributed by atoms with Crippen LogP contribution in [0, 0.1) is 12.7 Å². The van der Waals surface area contributed by atoms with E-state index < -0.39 is 24.4 Å². The van der Waals surface area contributed by atoms with Gasteiger partial charge < -0.3 is 9.67 Å². The van der Waals surface area contributed by atoms with Crippen LogP contribution in [0.3, 0.4) is 0 Å². The Morgan fingerprint density at radius 1 is 1.27 bits per heavy atom. The van der Waals surface area contributed by atoms with Gasteiger partial charge in [-0.15, -0.1) is 0 Å². The second-order valence-corrected chi connectivity index (χ2v) is 7.28. The fourth-order valence-electron chi connectivity index (χ4n) is 3.67. The SMILES string of the molecule is Cc1c(CC2=NN(CCCC(F)(F)F)C(=O)CC2)c2cc(F)ccc2n1CC(=O)O. The van der Waals surface area contributed by atoms with Crippen molar-refractivity contribution in [2.24, 2.45) is 5.10 Å². The van der Waals surface area contributed by atoms with Crippen molar-refractivity contribution >= 4 is 28.5 Å². The molecule has 0 radical (unpaired) electrons. The van der Waals surface area contributed by atoms with Crippen LogP contribution in [0.25, 0.3) is 10.9 Å². The molecule has 1 aromatic heterocycles. The monoisotopic (exact) mass is 427 g/mol. The number of carboxylic acid groups (broad SMARTS) is 1. The van der Waals surface area contributed by atoms with Crippen molar-refractivity contribution in [2.75, 3.05) is 6.54 Å². The predicted octanol–water partition coefficient (Wildman–Crippen LogP) is 4.04. The molecule has 0 atom stereocenters. The fraction of sp³-hybridized carbons (Fsp3) is 0.450. The molecule has 0 saturated heterocycles. The van der Waals surface area contributed by atoms with E-state index in [1.807, 2.05) is 0 Å². The lowest BCUT2D eigenvalue weighted by Crippen LogP contribution is -2.33. The summed E-state index contributed by atoms with van der Waals surface area (Å²) in [6.45, 7) is 1.31. The number of carboxylic acids is 1. The summed E-state index contributed by atoms with van der Waals surface area (Å²) >= 11 is 0. The number of rotatable bonds is 7. The highest BCUT2D eigenvalue weighted by Gasteiger charge is 2.28. The molecule has 1 amide bonds. The number of benzene rings is 1. The van der Waals surface area contributed by atoms with Gasteiger partial charge in [0.05, 0.1) is 0 Å². The van der Waals surface area contributed by atoms with Gasteiger partial charge in [0.25, 0.3) is 0 Å². The number of amides is 1. The van der Waals surface area contributed by atoms with Crippen LogP contribution >= 0.6 is 0 Å². The Morgan fingerprint density at radius 3 is 2.67 bits per heavy atom. The minimum Gasteiger partial charge on any atom is -0.480 e. The van der Waals surface area contributed by atoms with E-state index in [0.717, 1.165) is 5.01 Å². The van der Waals surface area contributed by atoms with Gasteiger partial charge in [0.15, 0.2) is 0 Å². The number of aromatic nitrogens is 1. The van der Waals surface area contributed by atoms with Gasteiger partial charge in [-0.3, -0.25) is 9.59 Å².